The van der Waals surface area contributed by atoms with Crippen molar-refractivity contribution in [1.29, 1.82) is 5.26 Å². The van der Waals surface area contributed by atoms with Gasteiger partial charge >= 0.3 is 0 Å². The summed E-state index contributed by atoms with van der Waals surface area (Å²) < 4.78 is 4.31. The summed E-state index contributed by atoms with van der Waals surface area (Å²) in [4.78, 5) is 11.6. The molecule has 1 aromatic heterocycles. The van der Waals surface area contributed by atoms with Crippen LogP contribution in [0.15, 0.2) is 73.1 Å². The Bertz CT molecular complexity index is 1030. The molecule has 4 rings (SSSR count). The zero-order valence-corrected chi connectivity index (χ0v) is 19.6. The molecule has 1 heterocycles. The summed E-state index contributed by atoms with van der Waals surface area (Å²) in [6.45, 7) is 4.10. The molecule has 0 radical (unpaired) electrons. The number of halogens is 1. The van der Waals surface area contributed by atoms with Crippen LogP contribution in [0.5, 0.6) is 0 Å². The van der Waals surface area contributed by atoms with Crippen molar-refractivity contribution in [3.05, 3.63) is 90.0 Å². The normalized spacial score (nSPS) is 18.2. The predicted molar refractivity (Wildman–Crippen MR) is 116 cm³/mol. The van der Waals surface area contributed by atoms with Crippen molar-refractivity contribution in [2.45, 2.75) is 51.1 Å². The topological polar surface area (TPSA) is 49.7 Å². The third kappa shape index (κ3) is 4.22. The smallest absolute Gasteiger partial charge is 0.253 e. The third-order valence-corrected chi connectivity index (χ3v) is 6.63. The van der Waals surface area contributed by atoms with Crippen molar-refractivity contribution in [3.8, 4) is 6.07 Å². The first-order valence-electron chi connectivity index (χ1n) is 10.6. The van der Waals surface area contributed by atoms with Gasteiger partial charge in [-0.15, -0.1) is 0 Å². The Kier molecular flexibility index (Phi) is 7.12. The van der Waals surface area contributed by atoms with Crippen molar-refractivity contribution in [3.63, 3.8) is 0 Å². The molecule has 1 saturated carbocycles. The van der Waals surface area contributed by atoms with E-state index < -0.39 is 5.41 Å². The maximum atomic E-state index is 11.6. The van der Waals surface area contributed by atoms with E-state index in [2.05, 4.69) is 48.0 Å². The molecule has 5 heteroatoms. The second kappa shape index (κ2) is 9.62. The van der Waals surface area contributed by atoms with Crippen molar-refractivity contribution < 1.29 is 26.3 Å². The van der Waals surface area contributed by atoms with Gasteiger partial charge in [0.2, 0.25) is 0 Å². The van der Waals surface area contributed by atoms with Gasteiger partial charge in [-0.25, -0.2) is 9.13 Å². The summed E-state index contributed by atoms with van der Waals surface area (Å²) in [7, 11) is 0. The molecule has 0 amide bonds. The van der Waals surface area contributed by atoms with Crippen LogP contribution in [0.25, 0.3) is 0 Å². The van der Waals surface area contributed by atoms with Crippen LogP contribution in [0, 0.1) is 24.2 Å². The number of hydrogen-bond acceptors (Lipinski definition) is 2. The first-order chi connectivity index (χ1) is 14.6. The van der Waals surface area contributed by atoms with E-state index in [4.69, 9.17) is 0 Å². The summed E-state index contributed by atoms with van der Waals surface area (Å²) >= 11 is 0. The number of carbonyl (C=O) groups excluding carboxylic acids is 1. The van der Waals surface area contributed by atoms with Crippen LogP contribution < -0.4 is 21.5 Å². The highest BCUT2D eigenvalue weighted by atomic mass is 79.9. The molecule has 0 spiro atoms. The zero-order valence-electron chi connectivity index (χ0n) is 18.0. The van der Waals surface area contributed by atoms with Crippen molar-refractivity contribution in [2.75, 3.05) is 0 Å². The lowest BCUT2D eigenvalue weighted by Gasteiger charge is -2.34. The average molecular weight is 478 g/mol. The fraction of sp³-hybridized carbons (Fsp3) is 0.346. The maximum Gasteiger partial charge on any atom is 0.253 e. The number of nitrogens with zero attached hydrogens (tertiary/aromatic N) is 3. The van der Waals surface area contributed by atoms with Crippen LogP contribution >= 0.6 is 0 Å². The molecule has 0 saturated heterocycles. The minimum absolute atomic E-state index is 0. The van der Waals surface area contributed by atoms with Crippen molar-refractivity contribution in [2.24, 2.45) is 5.92 Å². The summed E-state index contributed by atoms with van der Waals surface area (Å²) in [6.07, 6.45) is 7.04. The Morgan fingerprint density at radius 2 is 1.68 bits per heavy atom. The van der Waals surface area contributed by atoms with Crippen LogP contribution in [-0.2, 0) is 16.8 Å². The van der Waals surface area contributed by atoms with E-state index in [0.29, 0.717) is 12.6 Å². The number of aromatic nitrogens is 2. The molecule has 3 aromatic rings. The van der Waals surface area contributed by atoms with E-state index in [1.807, 2.05) is 47.2 Å². The van der Waals surface area contributed by atoms with Gasteiger partial charge in [-0.2, -0.15) is 5.26 Å². The van der Waals surface area contributed by atoms with Gasteiger partial charge in [0, 0.05) is 6.92 Å². The van der Waals surface area contributed by atoms with Crippen LogP contribution in [0.2, 0.25) is 0 Å². The Balaban J connectivity index is 0.00000272. The Hall–Kier alpha value is -2.71. The van der Waals surface area contributed by atoms with Gasteiger partial charge in [0.05, 0.1) is 6.07 Å². The van der Waals surface area contributed by atoms with Crippen LogP contribution in [-0.4, -0.2) is 10.4 Å². The highest BCUT2D eigenvalue weighted by Gasteiger charge is 2.47. The lowest BCUT2D eigenvalue weighted by molar-refractivity contribution is -0.689. The Morgan fingerprint density at radius 1 is 1.10 bits per heavy atom. The molecule has 31 heavy (non-hydrogen) atoms. The molecular formula is C26H28BrN3O. The third-order valence-electron chi connectivity index (χ3n) is 6.63. The second-order valence-electron chi connectivity index (χ2n) is 8.40. The van der Waals surface area contributed by atoms with E-state index in [0.717, 1.165) is 36.2 Å². The van der Waals surface area contributed by atoms with Gasteiger partial charge in [-0.05, 0) is 43.2 Å². The Morgan fingerprint density at radius 3 is 2.19 bits per heavy atom. The molecule has 2 aromatic carbocycles. The molecular weight excluding hydrogens is 450 g/mol. The molecule has 2 unspecified atom stereocenters. The quantitative estimate of drug-likeness (QED) is 0.505. The SMILES string of the molecule is CC(=O)C[n+]1ccn(C2CCC(C(C#N)(c3ccccc3)c3ccccc3)C2)c1C.[Br-]. The van der Waals surface area contributed by atoms with Crippen molar-refractivity contribution >= 4 is 5.78 Å². The maximum absolute atomic E-state index is 11.6. The number of hydrogen-bond donors (Lipinski definition) is 0. The standard InChI is InChI=1S/C26H28N3O.BrH/c1-20(30)18-28-15-16-29(21(28)2)25-14-13-24(17-25)26(19-27,22-9-5-3-6-10-22)23-11-7-4-8-12-23;/h3-12,15-16,24-25H,13-14,17-18H2,1-2H3;1H/q+1;/p-1. The first kappa shape index (κ1) is 23.0. The minimum atomic E-state index is -0.659. The lowest BCUT2D eigenvalue weighted by Crippen LogP contribution is -3.00. The fourth-order valence-corrected chi connectivity index (χ4v) is 5.17. The molecule has 1 aliphatic rings. The molecule has 0 N–H and O–H groups in total. The van der Waals surface area contributed by atoms with Gasteiger partial charge in [0.1, 0.15) is 30.4 Å². The molecule has 2 atom stereocenters. The van der Waals surface area contributed by atoms with E-state index >= 15 is 0 Å². The number of benzene rings is 2. The monoisotopic (exact) mass is 477 g/mol. The van der Waals surface area contributed by atoms with Crippen LogP contribution in [0.4, 0.5) is 0 Å². The minimum Gasteiger partial charge on any atom is -1.00 e. The highest BCUT2D eigenvalue weighted by Crippen LogP contribution is 2.49. The van der Waals surface area contributed by atoms with Gasteiger partial charge < -0.3 is 17.0 Å². The van der Waals surface area contributed by atoms with E-state index in [9.17, 15) is 10.1 Å². The fourth-order valence-electron chi connectivity index (χ4n) is 5.17. The van der Waals surface area contributed by atoms with Gasteiger partial charge in [0.15, 0.2) is 5.78 Å². The van der Waals surface area contributed by atoms with Gasteiger partial charge in [-0.3, -0.25) is 4.79 Å². The summed E-state index contributed by atoms with van der Waals surface area (Å²) in [5, 5.41) is 10.6. The number of Topliss-reactive ketones (excluding diaryl/α,β-unsaturated/α-hetero) is 1. The van der Waals surface area contributed by atoms with Gasteiger partial charge in [-0.1, -0.05) is 60.7 Å². The van der Waals surface area contributed by atoms with E-state index in [-0.39, 0.29) is 28.7 Å². The number of nitriles is 1. The first-order valence-corrected chi connectivity index (χ1v) is 10.6. The highest BCUT2D eigenvalue weighted by molar-refractivity contribution is 5.73. The molecule has 1 aliphatic carbocycles. The number of ketones is 1. The lowest BCUT2D eigenvalue weighted by atomic mass is 9.66. The molecule has 160 valence electrons. The summed E-state index contributed by atoms with van der Waals surface area (Å²) in [5.41, 5.74) is 1.48. The molecule has 4 nitrogen and oxygen atoms in total. The number of carbonyl (C=O) groups is 1. The second-order valence-corrected chi connectivity index (χ2v) is 8.40. The zero-order chi connectivity index (χ0) is 21.1. The van der Waals surface area contributed by atoms with Crippen LogP contribution in [0.3, 0.4) is 0 Å². The summed E-state index contributed by atoms with van der Waals surface area (Å²) in [6, 6.07) is 23.6. The van der Waals surface area contributed by atoms with E-state index in [1.165, 1.54) is 0 Å². The van der Waals surface area contributed by atoms with E-state index in [1.54, 1.807) is 6.92 Å². The number of imidazole rings is 1. The predicted octanol–water partition coefficient (Wildman–Crippen LogP) is 1.53. The molecule has 0 aliphatic heterocycles. The number of rotatable bonds is 6. The summed E-state index contributed by atoms with van der Waals surface area (Å²) in [5.74, 6) is 1.47. The molecule has 1 fully saturated rings. The average Bonchev–Trinajstić information content (AvgIpc) is 3.38. The molecule has 0 bridgehead atoms. The largest absolute Gasteiger partial charge is 1.00 e. The van der Waals surface area contributed by atoms with Crippen molar-refractivity contribution in [1.82, 2.24) is 4.57 Å². The Labute approximate surface area is 194 Å². The van der Waals surface area contributed by atoms with Gasteiger partial charge in [0.25, 0.3) is 5.82 Å². The van der Waals surface area contributed by atoms with Crippen LogP contribution in [0.1, 0.15) is 49.2 Å².